The quantitative estimate of drug-likeness (QED) is 0.772. The Morgan fingerprint density at radius 3 is 2.37 bits per heavy atom. The molecule has 1 aromatic carbocycles. The van der Waals surface area contributed by atoms with Crippen molar-refractivity contribution < 1.29 is 19.1 Å². The summed E-state index contributed by atoms with van der Waals surface area (Å²) in [5.74, 6) is -0.462. The van der Waals surface area contributed by atoms with Crippen LogP contribution in [0.2, 0.25) is 0 Å². The van der Waals surface area contributed by atoms with Gasteiger partial charge in [-0.15, -0.1) is 0 Å². The molecule has 7 heteroatoms. The van der Waals surface area contributed by atoms with E-state index >= 15 is 0 Å². The largest absolute Gasteiger partial charge is 0.372 e. The van der Waals surface area contributed by atoms with Crippen LogP contribution in [-0.4, -0.2) is 83.9 Å². The molecule has 0 aromatic heterocycles. The summed E-state index contributed by atoms with van der Waals surface area (Å²) in [7, 11) is 1.63. The highest BCUT2D eigenvalue weighted by Gasteiger charge is 2.39. The van der Waals surface area contributed by atoms with Crippen molar-refractivity contribution >= 4 is 17.7 Å². The van der Waals surface area contributed by atoms with Crippen LogP contribution in [0.25, 0.3) is 0 Å². The molecule has 0 unspecified atom stereocenters. The lowest BCUT2D eigenvalue weighted by Crippen LogP contribution is -2.62. The van der Waals surface area contributed by atoms with Crippen molar-refractivity contribution in [2.45, 2.75) is 38.5 Å². The number of likely N-dealkylation sites (N-methyl/N-ethyl adjacent to an activating group) is 1. The lowest BCUT2D eigenvalue weighted by Gasteiger charge is -2.41. The predicted octanol–water partition coefficient (Wildman–Crippen LogP) is 0.534. The van der Waals surface area contributed by atoms with Crippen molar-refractivity contribution in [3.63, 3.8) is 0 Å². The van der Waals surface area contributed by atoms with E-state index in [2.05, 4.69) is 0 Å². The first-order valence-corrected chi connectivity index (χ1v) is 9.36. The third-order valence-corrected chi connectivity index (χ3v) is 5.08. The second-order valence-electron chi connectivity index (χ2n) is 7.48. The van der Waals surface area contributed by atoms with Gasteiger partial charge < -0.3 is 19.4 Å². The molecule has 27 heavy (non-hydrogen) atoms. The van der Waals surface area contributed by atoms with E-state index in [1.165, 1.54) is 9.80 Å². The number of morpholine rings is 1. The van der Waals surface area contributed by atoms with Gasteiger partial charge in [0.25, 0.3) is 0 Å². The van der Waals surface area contributed by atoms with E-state index in [9.17, 15) is 14.4 Å². The maximum atomic E-state index is 12.8. The number of nitrogens with zero attached hydrogens (tertiary/aromatic N) is 3. The fourth-order valence-corrected chi connectivity index (χ4v) is 3.79. The first-order valence-electron chi connectivity index (χ1n) is 9.36. The fraction of sp³-hybridized carbons (Fsp3) is 0.550. The summed E-state index contributed by atoms with van der Waals surface area (Å²) in [6.07, 6.45) is 0.323. The molecule has 0 aliphatic carbocycles. The average Bonchev–Trinajstić information content (AvgIpc) is 2.62. The molecule has 2 aliphatic rings. The number of benzene rings is 1. The van der Waals surface area contributed by atoms with Gasteiger partial charge in [0, 0.05) is 26.6 Å². The third kappa shape index (κ3) is 4.47. The Hall–Kier alpha value is -2.41. The molecular formula is C20H27N3O4. The number of carbonyl (C=O) groups is 3. The second kappa shape index (κ2) is 8.08. The van der Waals surface area contributed by atoms with Crippen LogP contribution in [-0.2, 0) is 25.5 Å². The summed E-state index contributed by atoms with van der Waals surface area (Å²) in [6.45, 7) is 4.80. The molecule has 0 bridgehead atoms. The average molecular weight is 373 g/mol. The Morgan fingerprint density at radius 2 is 1.74 bits per heavy atom. The van der Waals surface area contributed by atoms with Gasteiger partial charge in [-0.2, -0.15) is 0 Å². The topological polar surface area (TPSA) is 70.2 Å². The normalized spacial score (nSPS) is 26.5. The molecule has 2 fully saturated rings. The monoisotopic (exact) mass is 373 g/mol. The molecule has 2 heterocycles. The molecule has 0 N–H and O–H groups in total. The molecule has 0 saturated carbocycles. The Balaban J connectivity index is 1.76. The van der Waals surface area contributed by atoms with Crippen LogP contribution in [0, 0.1) is 0 Å². The number of ether oxygens (including phenoxy) is 1. The van der Waals surface area contributed by atoms with Crippen LogP contribution in [0.1, 0.15) is 19.4 Å². The molecule has 3 rings (SSSR count). The zero-order valence-corrected chi connectivity index (χ0v) is 16.1. The Labute approximate surface area is 159 Å². The number of rotatable bonds is 4. The summed E-state index contributed by atoms with van der Waals surface area (Å²) in [5, 5.41) is 0. The third-order valence-electron chi connectivity index (χ3n) is 5.08. The van der Waals surface area contributed by atoms with Crippen molar-refractivity contribution in [1.82, 2.24) is 14.7 Å². The van der Waals surface area contributed by atoms with Gasteiger partial charge in [0.2, 0.25) is 17.7 Å². The summed E-state index contributed by atoms with van der Waals surface area (Å²) >= 11 is 0. The van der Waals surface area contributed by atoms with E-state index in [0.29, 0.717) is 19.5 Å². The minimum atomic E-state index is -0.654. The molecule has 3 amide bonds. The highest BCUT2D eigenvalue weighted by molar-refractivity contribution is 5.97. The van der Waals surface area contributed by atoms with Crippen LogP contribution < -0.4 is 0 Å². The van der Waals surface area contributed by atoms with Gasteiger partial charge in [-0.25, -0.2) is 0 Å². The molecule has 7 nitrogen and oxygen atoms in total. The minimum absolute atomic E-state index is 0.00726. The van der Waals surface area contributed by atoms with Crippen molar-refractivity contribution in [3.05, 3.63) is 35.9 Å². The van der Waals surface area contributed by atoms with Gasteiger partial charge >= 0.3 is 0 Å². The minimum Gasteiger partial charge on any atom is -0.372 e. The van der Waals surface area contributed by atoms with Gasteiger partial charge in [-0.3, -0.25) is 14.4 Å². The van der Waals surface area contributed by atoms with Crippen LogP contribution in [0.15, 0.2) is 30.3 Å². The lowest BCUT2D eigenvalue weighted by atomic mass is 10.0. The summed E-state index contributed by atoms with van der Waals surface area (Å²) < 4.78 is 5.67. The molecule has 2 aliphatic heterocycles. The smallest absolute Gasteiger partial charge is 0.245 e. The van der Waals surface area contributed by atoms with Crippen LogP contribution >= 0.6 is 0 Å². The zero-order valence-electron chi connectivity index (χ0n) is 16.1. The maximum Gasteiger partial charge on any atom is 0.245 e. The number of hydrogen-bond donors (Lipinski definition) is 0. The molecule has 3 atom stereocenters. The van der Waals surface area contributed by atoms with Gasteiger partial charge in [0.1, 0.15) is 12.6 Å². The molecule has 0 spiro atoms. The Bertz CT molecular complexity index is 698. The second-order valence-corrected chi connectivity index (χ2v) is 7.48. The van der Waals surface area contributed by atoms with Crippen molar-refractivity contribution in [2.75, 3.05) is 33.2 Å². The van der Waals surface area contributed by atoms with Crippen LogP contribution in [0.5, 0.6) is 0 Å². The van der Waals surface area contributed by atoms with E-state index in [4.69, 9.17) is 4.74 Å². The van der Waals surface area contributed by atoms with Gasteiger partial charge in [0.05, 0.1) is 18.8 Å². The fourth-order valence-electron chi connectivity index (χ4n) is 3.79. The first kappa shape index (κ1) is 19.4. The Morgan fingerprint density at radius 1 is 1.11 bits per heavy atom. The van der Waals surface area contributed by atoms with E-state index in [1.807, 2.05) is 44.2 Å². The van der Waals surface area contributed by atoms with E-state index in [-0.39, 0.29) is 43.0 Å². The highest BCUT2D eigenvalue weighted by Crippen LogP contribution is 2.18. The molecule has 1 aromatic rings. The number of amides is 3. The predicted molar refractivity (Wildman–Crippen MR) is 99.9 cm³/mol. The number of hydrogen-bond acceptors (Lipinski definition) is 4. The van der Waals surface area contributed by atoms with Crippen molar-refractivity contribution in [1.29, 1.82) is 0 Å². The number of carbonyl (C=O) groups excluding carboxylic acids is 3. The summed E-state index contributed by atoms with van der Waals surface area (Å²) in [5.41, 5.74) is 0.963. The summed E-state index contributed by atoms with van der Waals surface area (Å²) in [6, 6.07) is 8.92. The highest BCUT2D eigenvalue weighted by atomic mass is 16.5. The summed E-state index contributed by atoms with van der Waals surface area (Å²) in [4.78, 5) is 42.8. The van der Waals surface area contributed by atoms with Crippen molar-refractivity contribution in [3.8, 4) is 0 Å². The first-order chi connectivity index (χ1) is 12.8. The van der Waals surface area contributed by atoms with E-state index in [0.717, 1.165) is 5.56 Å². The van der Waals surface area contributed by atoms with Crippen LogP contribution in [0.4, 0.5) is 0 Å². The van der Waals surface area contributed by atoms with E-state index < -0.39 is 6.04 Å². The number of piperazine rings is 1. The lowest BCUT2D eigenvalue weighted by molar-refractivity contribution is -0.159. The molecular weight excluding hydrogens is 346 g/mol. The van der Waals surface area contributed by atoms with E-state index in [1.54, 1.807) is 11.9 Å². The zero-order chi connectivity index (χ0) is 19.6. The standard InChI is InChI=1S/C20H27N3O4/c1-14-10-22(11-15(2)27-14)18(24)13-23-17(9-16-7-5-4-6-8-16)20(26)21(3)12-19(23)25/h4-8,14-15,17H,9-13H2,1-3H3/t14-,15+,17-/m0/s1. The van der Waals surface area contributed by atoms with Gasteiger partial charge in [-0.05, 0) is 19.4 Å². The molecule has 0 radical (unpaired) electrons. The maximum absolute atomic E-state index is 12.8. The van der Waals surface area contributed by atoms with Gasteiger partial charge in [-0.1, -0.05) is 30.3 Å². The van der Waals surface area contributed by atoms with Crippen molar-refractivity contribution in [2.24, 2.45) is 0 Å². The molecule has 2 saturated heterocycles. The van der Waals surface area contributed by atoms with Crippen LogP contribution in [0.3, 0.4) is 0 Å². The SMILES string of the molecule is C[C@@H]1CN(C(=O)CN2C(=O)CN(C)C(=O)[C@@H]2Cc2ccccc2)C[C@H](C)O1. The Kier molecular flexibility index (Phi) is 5.79. The molecule has 146 valence electrons. The van der Waals surface area contributed by atoms with Gasteiger partial charge in [0.15, 0.2) is 0 Å².